The predicted molar refractivity (Wildman–Crippen MR) is 67.0 cm³/mol. The molecule has 0 radical (unpaired) electrons. The van der Waals surface area contributed by atoms with Gasteiger partial charge in [-0.2, -0.15) is 4.40 Å². The molecule has 8 heteroatoms. The summed E-state index contributed by atoms with van der Waals surface area (Å²) in [6.07, 6.45) is 0. The van der Waals surface area contributed by atoms with E-state index in [1.54, 1.807) is 14.1 Å². The maximum absolute atomic E-state index is 11.7. The van der Waals surface area contributed by atoms with Crippen LogP contribution in [0.1, 0.15) is 0 Å². The maximum Gasteiger partial charge on any atom is 0.288 e. The van der Waals surface area contributed by atoms with Crippen LogP contribution in [0.3, 0.4) is 0 Å². The van der Waals surface area contributed by atoms with E-state index in [1.165, 1.54) is 4.90 Å². The van der Waals surface area contributed by atoms with Crippen molar-refractivity contribution in [2.75, 3.05) is 27.4 Å². The molecule has 0 rings (SSSR count). The van der Waals surface area contributed by atoms with Crippen LogP contribution in [0.4, 0.5) is 9.18 Å². The first-order valence-corrected chi connectivity index (χ1v) is 5.83. The number of carbonyl (C=O) groups is 1. The second-order valence-corrected chi connectivity index (χ2v) is 4.48. The Bertz CT molecular complexity index is 284. The van der Waals surface area contributed by atoms with Gasteiger partial charge in [-0.25, -0.2) is 4.39 Å². The fourth-order valence-corrected chi connectivity index (χ4v) is 1.42. The molecule has 0 aliphatic carbocycles. The molecule has 0 atom stereocenters. The number of amidine groups is 1. The van der Waals surface area contributed by atoms with Crippen molar-refractivity contribution in [1.82, 2.24) is 4.90 Å². The smallest absolute Gasteiger partial charge is 0.288 e. The molecule has 0 spiro atoms. The van der Waals surface area contributed by atoms with Crippen molar-refractivity contribution in [3.8, 4) is 0 Å². The van der Waals surface area contributed by atoms with Crippen LogP contribution >= 0.6 is 23.7 Å². The number of nitrogens with two attached hydrogens (primary N) is 1. The van der Waals surface area contributed by atoms with Gasteiger partial charge in [-0.3, -0.25) is 4.79 Å². The predicted octanol–water partition coefficient (Wildman–Crippen LogP) is 1.82. The minimum Gasteiger partial charge on any atom is -0.483 e. The van der Waals surface area contributed by atoms with Gasteiger partial charge in [-0.15, -0.1) is 0 Å². The molecule has 1 amide bonds. The van der Waals surface area contributed by atoms with Gasteiger partial charge in [0.2, 0.25) is 0 Å². The number of nitrogens with zero attached hydrogens (tertiary/aromatic N) is 2. The lowest BCUT2D eigenvalue weighted by Crippen LogP contribution is -2.20. The molecule has 0 unspecified atom stereocenters. The monoisotopic (exact) mass is 267 g/mol. The van der Waals surface area contributed by atoms with Gasteiger partial charge in [0.25, 0.3) is 5.24 Å². The Balaban J connectivity index is 3.95. The number of hydrogen-bond acceptors (Lipinski definition) is 5. The third kappa shape index (κ3) is 7.41. The third-order valence-corrected chi connectivity index (χ3v) is 2.70. The van der Waals surface area contributed by atoms with Crippen LogP contribution in [-0.4, -0.2) is 42.7 Å². The lowest BCUT2D eigenvalue weighted by Gasteiger charge is -2.08. The van der Waals surface area contributed by atoms with Crippen molar-refractivity contribution < 1.29 is 13.9 Å². The van der Waals surface area contributed by atoms with Gasteiger partial charge in [-0.1, -0.05) is 0 Å². The molecule has 2 N–H and O–H groups in total. The Kier molecular flexibility index (Phi) is 7.82. The highest BCUT2D eigenvalue weighted by atomic mass is 32.2. The normalized spacial score (nSPS) is 11.1. The molecule has 0 aromatic heterocycles. The summed E-state index contributed by atoms with van der Waals surface area (Å²) in [4.78, 5) is 12.6. The van der Waals surface area contributed by atoms with Crippen molar-refractivity contribution in [2.24, 2.45) is 10.1 Å². The number of halogens is 1. The Labute approximate surface area is 102 Å². The molecule has 0 heterocycles. The van der Waals surface area contributed by atoms with E-state index in [-0.39, 0.29) is 22.1 Å². The number of carbonyl (C=O) groups excluding carboxylic acids is 1. The zero-order chi connectivity index (χ0) is 12.6. The second kappa shape index (κ2) is 8.28. The summed E-state index contributed by atoms with van der Waals surface area (Å²) in [6, 6.07) is 0. The fourth-order valence-electron chi connectivity index (χ4n) is 0.474. The molecular formula is C8H14FN3O2S2. The van der Waals surface area contributed by atoms with E-state index in [2.05, 4.69) is 11.0 Å². The molecule has 0 saturated heterocycles. The Morgan fingerprint density at radius 1 is 1.62 bits per heavy atom. The van der Waals surface area contributed by atoms with Gasteiger partial charge in [-0.05, 0) is 6.58 Å². The third-order valence-electron chi connectivity index (χ3n) is 1.13. The minimum atomic E-state index is -0.591. The number of amides is 1. The largest absolute Gasteiger partial charge is 0.483 e. The van der Waals surface area contributed by atoms with E-state index >= 15 is 0 Å². The van der Waals surface area contributed by atoms with Crippen molar-refractivity contribution >= 4 is 34.1 Å². The van der Waals surface area contributed by atoms with Gasteiger partial charge in [0.1, 0.15) is 13.3 Å². The molecule has 0 fully saturated rings. The summed E-state index contributed by atoms with van der Waals surface area (Å²) in [5.74, 6) is 0. The van der Waals surface area contributed by atoms with Crippen LogP contribution in [0.2, 0.25) is 0 Å². The van der Waals surface area contributed by atoms with Crippen LogP contribution in [-0.2, 0) is 4.74 Å². The van der Waals surface area contributed by atoms with Crippen LogP contribution < -0.4 is 5.73 Å². The van der Waals surface area contributed by atoms with Gasteiger partial charge >= 0.3 is 0 Å². The van der Waals surface area contributed by atoms with Crippen LogP contribution in [0, 0.1) is 0 Å². The SMILES string of the molecule is C=C(OCCF)SN=C(N)SC(=O)N(C)C. The van der Waals surface area contributed by atoms with Crippen LogP contribution in [0.15, 0.2) is 16.1 Å². The topological polar surface area (TPSA) is 67.9 Å². The van der Waals surface area contributed by atoms with E-state index in [0.717, 1.165) is 23.7 Å². The quantitative estimate of drug-likeness (QED) is 0.356. The maximum atomic E-state index is 11.7. The number of ether oxygens (including phenoxy) is 1. The highest BCUT2D eigenvalue weighted by molar-refractivity contribution is 8.26. The van der Waals surface area contributed by atoms with E-state index in [1.807, 2.05) is 0 Å². The van der Waals surface area contributed by atoms with E-state index in [0.29, 0.717) is 0 Å². The zero-order valence-electron chi connectivity index (χ0n) is 9.10. The van der Waals surface area contributed by atoms with Crippen LogP contribution in [0.5, 0.6) is 0 Å². The van der Waals surface area contributed by atoms with Gasteiger partial charge < -0.3 is 15.4 Å². The van der Waals surface area contributed by atoms with E-state index in [9.17, 15) is 9.18 Å². The summed E-state index contributed by atoms with van der Waals surface area (Å²) < 4.78 is 20.3. The number of alkyl halides is 1. The van der Waals surface area contributed by atoms with Crippen molar-refractivity contribution in [1.29, 1.82) is 0 Å². The van der Waals surface area contributed by atoms with Crippen molar-refractivity contribution in [3.63, 3.8) is 0 Å². The number of thioether (sulfide) groups is 1. The Morgan fingerprint density at radius 2 is 2.25 bits per heavy atom. The van der Waals surface area contributed by atoms with Crippen molar-refractivity contribution in [2.45, 2.75) is 0 Å². The first-order chi connectivity index (χ1) is 7.47. The van der Waals surface area contributed by atoms with Gasteiger partial charge in [0.15, 0.2) is 10.3 Å². The Morgan fingerprint density at radius 3 is 2.75 bits per heavy atom. The Hall–Kier alpha value is -0.890. The fraction of sp³-hybridized carbons (Fsp3) is 0.500. The lowest BCUT2D eigenvalue weighted by molar-refractivity contribution is 0.210. The molecule has 0 aliphatic rings. The first-order valence-electron chi connectivity index (χ1n) is 4.24. The molecule has 92 valence electrons. The standard InChI is InChI=1S/C8H14FN3O2S2/c1-6(14-5-4-9)16-11-7(10)15-8(13)12(2)3/h1,4-5H2,2-3H3,(H2,10,11). The lowest BCUT2D eigenvalue weighted by atomic mass is 10.8. The molecule has 16 heavy (non-hydrogen) atoms. The molecular weight excluding hydrogens is 253 g/mol. The van der Waals surface area contributed by atoms with E-state index in [4.69, 9.17) is 10.5 Å². The zero-order valence-corrected chi connectivity index (χ0v) is 10.7. The van der Waals surface area contributed by atoms with Gasteiger partial charge in [0, 0.05) is 25.9 Å². The summed E-state index contributed by atoms with van der Waals surface area (Å²) >= 11 is 1.66. The molecule has 0 aliphatic heterocycles. The van der Waals surface area contributed by atoms with E-state index < -0.39 is 6.67 Å². The van der Waals surface area contributed by atoms with Crippen molar-refractivity contribution in [3.05, 3.63) is 11.7 Å². The molecule has 0 saturated carbocycles. The second-order valence-electron chi connectivity index (χ2n) is 2.69. The molecule has 5 nitrogen and oxygen atoms in total. The highest BCUT2D eigenvalue weighted by Crippen LogP contribution is 2.18. The first kappa shape index (κ1) is 15.1. The summed E-state index contributed by atoms with van der Waals surface area (Å²) in [5.41, 5.74) is 5.46. The number of rotatable bonds is 5. The van der Waals surface area contributed by atoms with Gasteiger partial charge in [0.05, 0.1) is 11.9 Å². The molecule has 0 bridgehead atoms. The summed E-state index contributed by atoms with van der Waals surface area (Å²) in [6.45, 7) is 2.83. The highest BCUT2D eigenvalue weighted by Gasteiger charge is 2.07. The molecule has 0 aromatic rings. The average molecular weight is 267 g/mol. The average Bonchev–Trinajstić information content (AvgIpc) is 2.23. The summed E-state index contributed by atoms with van der Waals surface area (Å²) in [5, 5.41) is 0.101. The summed E-state index contributed by atoms with van der Waals surface area (Å²) in [7, 11) is 3.22. The number of hydrogen-bond donors (Lipinski definition) is 1. The molecule has 0 aromatic carbocycles. The van der Waals surface area contributed by atoms with Crippen LogP contribution in [0.25, 0.3) is 0 Å². The minimum absolute atomic E-state index is 0.0645.